The van der Waals surface area contributed by atoms with Gasteiger partial charge in [-0.3, -0.25) is 0 Å². The first kappa shape index (κ1) is 15.7. The van der Waals surface area contributed by atoms with Gasteiger partial charge in [0.2, 0.25) is 0 Å². The van der Waals surface area contributed by atoms with Crippen molar-refractivity contribution in [3.05, 3.63) is 29.3 Å². The Hall–Kier alpha value is -1.71. The van der Waals surface area contributed by atoms with Crippen LogP contribution >= 0.6 is 0 Å². The summed E-state index contributed by atoms with van der Waals surface area (Å²) in [6.45, 7) is 6.92. The van der Waals surface area contributed by atoms with Gasteiger partial charge in [0.25, 0.3) is 0 Å². The lowest BCUT2D eigenvalue weighted by atomic mass is 10.1. The van der Waals surface area contributed by atoms with E-state index in [0.29, 0.717) is 13.2 Å². The van der Waals surface area contributed by atoms with Crippen molar-refractivity contribution < 1.29 is 9.53 Å². The van der Waals surface area contributed by atoms with Gasteiger partial charge >= 0.3 is 6.03 Å². The van der Waals surface area contributed by atoms with Gasteiger partial charge in [0.1, 0.15) is 12.4 Å². The predicted molar refractivity (Wildman–Crippen MR) is 84.9 cm³/mol. The van der Waals surface area contributed by atoms with Crippen molar-refractivity contribution >= 4 is 6.03 Å². The molecular weight excluding hydrogens is 264 g/mol. The van der Waals surface area contributed by atoms with Crippen LogP contribution in [0.2, 0.25) is 0 Å². The van der Waals surface area contributed by atoms with Crippen LogP contribution in [0.15, 0.2) is 18.2 Å². The largest absolute Gasteiger partial charge is 0.492 e. The van der Waals surface area contributed by atoms with Gasteiger partial charge in [0.15, 0.2) is 0 Å². The highest BCUT2D eigenvalue weighted by Gasteiger charge is 2.14. The minimum absolute atomic E-state index is 0.0425. The fourth-order valence-corrected chi connectivity index (χ4v) is 2.73. The summed E-state index contributed by atoms with van der Waals surface area (Å²) >= 11 is 0. The van der Waals surface area contributed by atoms with Gasteiger partial charge < -0.3 is 15.0 Å². The van der Waals surface area contributed by atoms with Gasteiger partial charge in [-0.25, -0.2) is 4.79 Å². The number of urea groups is 1. The molecule has 0 radical (unpaired) electrons. The molecule has 0 bridgehead atoms. The molecular formula is C17H26N2O2. The molecule has 0 aromatic heterocycles. The molecule has 0 unspecified atom stereocenters. The van der Waals surface area contributed by atoms with Crippen molar-refractivity contribution in [1.29, 1.82) is 0 Å². The first-order valence-electron chi connectivity index (χ1n) is 7.89. The lowest BCUT2D eigenvalue weighted by Crippen LogP contribution is -2.41. The van der Waals surface area contributed by atoms with Crippen LogP contribution in [0.5, 0.6) is 5.75 Å². The standard InChI is InChI=1S/C17H26N2O2/c1-14-11-15(2)13-16(12-14)21-10-7-18-17(20)19-8-5-3-4-6-9-19/h11-13H,3-10H2,1-2H3,(H,18,20). The fraction of sp³-hybridized carbons (Fsp3) is 0.588. The first-order valence-corrected chi connectivity index (χ1v) is 7.89. The third-order valence-electron chi connectivity index (χ3n) is 3.74. The van der Waals surface area contributed by atoms with Crippen LogP contribution in [0.3, 0.4) is 0 Å². The van der Waals surface area contributed by atoms with Crippen LogP contribution < -0.4 is 10.1 Å². The summed E-state index contributed by atoms with van der Waals surface area (Å²) in [5, 5.41) is 2.94. The van der Waals surface area contributed by atoms with Crippen LogP contribution in [0, 0.1) is 13.8 Å². The molecule has 1 aromatic carbocycles. The second-order valence-electron chi connectivity index (χ2n) is 5.81. The van der Waals surface area contributed by atoms with Crippen LogP contribution in [0.1, 0.15) is 36.8 Å². The van der Waals surface area contributed by atoms with Crippen molar-refractivity contribution in [2.75, 3.05) is 26.2 Å². The zero-order valence-electron chi connectivity index (χ0n) is 13.2. The molecule has 1 saturated heterocycles. The third kappa shape index (κ3) is 5.29. The molecule has 1 fully saturated rings. The van der Waals surface area contributed by atoms with Gasteiger partial charge in [-0.05, 0) is 49.9 Å². The van der Waals surface area contributed by atoms with Crippen molar-refractivity contribution in [2.24, 2.45) is 0 Å². The zero-order chi connectivity index (χ0) is 15.1. The van der Waals surface area contributed by atoms with E-state index < -0.39 is 0 Å². The molecule has 1 aliphatic heterocycles. The van der Waals surface area contributed by atoms with E-state index in [1.807, 2.05) is 17.0 Å². The summed E-state index contributed by atoms with van der Waals surface area (Å²) < 4.78 is 5.70. The molecule has 1 heterocycles. The van der Waals surface area contributed by atoms with Crippen LogP contribution in [0.4, 0.5) is 4.79 Å². The molecule has 1 N–H and O–H groups in total. The second-order valence-corrected chi connectivity index (χ2v) is 5.81. The van der Waals surface area contributed by atoms with E-state index in [1.165, 1.54) is 24.0 Å². The van der Waals surface area contributed by atoms with E-state index in [0.717, 1.165) is 31.7 Å². The Morgan fingerprint density at radius 1 is 1.10 bits per heavy atom. The number of nitrogens with zero attached hydrogens (tertiary/aromatic N) is 1. The van der Waals surface area contributed by atoms with E-state index in [4.69, 9.17) is 4.74 Å². The monoisotopic (exact) mass is 290 g/mol. The van der Waals surface area contributed by atoms with Crippen molar-refractivity contribution in [2.45, 2.75) is 39.5 Å². The minimum Gasteiger partial charge on any atom is -0.492 e. The van der Waals surface area contributed by atoms with Gasteiger partial charge in [-0.2, -0.15) is 0 Å². The number of benzene rings is 1. The highest BCUT2D eigenvalue weighted by molar-refractivity contribution is 5.74. The van der Waals surface area contributed by atoms with E-state index in [9.17, 15) is 4.79 Å². The highest BCUT2D eigenvalue weighted by Crippen LogP contribution is 2.15. The Morgan fingerprint density at radius 3 is 2.33 bits per heavy atom. The topological polar surface area (TPSA) is 41.6 Å². The number of likely N-dealkylation sites (tertiary alicyclic amines) is 1. The highest BCUT2D eigenvalue weighted by atomic mass is 16.5. The second kappa shape index (κ2) is 7.91. The molecule has 0 saturated carbocycles. The Balaban J connectivity index is 1.70. The fourth-order valence-electron chi connectivity index (χ4n) is 2.73. The van der Waals surface area contributed by atoms with Crippen molar-refractivity contribution in [1.82, 2.24) is 10.2 Å². The number of rotatable bonds is 4. The first-order chi connectivity index (χ1) is 10.1. The molecule has 4 nitrogen and oxygen atoms in total. The average Bonchev–Trinajstić information content (AvgIpc) is 2.71. The average molecular weight is 290 g/mol. The molecule has 1 aromatic rings. The summed E-state index contributed by atoms with van der Waals surface area (Å²) in [6, 6.07) is 6.20. The maximum absolute atomic E-state index is 12.0. The molecule has 0 spiro atoms. The smallest absolute Gasteiger partial charge is 0.317 e. The normalized spacial score (nSPS) is 15.4. The zero-order valence-corrected chi connectivity index (χ0v) is 13.2. The Bertz CT molecular complexity index is 446. The summed E-state index contributed by atoms with van der Waals surface area (Å²) in [6.07, 6.45) is 4.71. The van der Waals surface area contributed by atoms with Gasteiger partial charge in [-0.15, -0.1) is 0 Å². The molecule has 4 heteroatoms. The molecule has 1 aliphatic rings. The number of amides is 2. The van der Waals surface area contributed by atoms with E-state index in [2.05, 4.69) is 25.2 Å². The lowest BCUT2D eigenvalue weighted by Gasteiger charge is -2.20. The Morgan fingerprint density at radius 2 is 1.71 bits per heavy atom. The number of aryl methyl sites for hydroxylation is 2. The van der Waals surface area contributed by atoms with Gasteiger partial charge in [0.05, 0.1) is 6.54 Å². The predicted octanol–water partition coefficient (Wildman–Crippen LogP) is 3.27. The summed E-state index contributed by atoms with van der Waals surface area (Å²) in [7, 11) is 0. The number of carbonyl (C=O) groups is 1. The molecule has 21 heavy (non-hydrogen) atoms. The quantitative estimate of drug-likeness (QED) is 0.865. The lowest BCUT2D eigenvalue weighted by molar-refractivity contribution is 0.196. The van der Waals surface area contributed by atoms with Crippen LogP contribution in [0.25, 0.3) is 0 Å². The maximum Gasteiger partial charge on any atom is 0.317 e. The number of hydrogen-bond donors (Lipinski definition) is 1. The molecule has 0 atom stereocenters. The molecule has 116 valence electrons. The van der Waals surface area contributed by atoms with E-state index in [1.54, 1.807) is 0 Å². The number of carbonyl (C=O) groups excluding carboxylic acids is 1. The SMILES string of the molecule is Cc1cc(C)cc(OCCNC(=O)N2CCCCCC2)c1. The molecule has 2 amide bonds. The Labute approximate surface area is 127 Å². The van der Waals surface area contributed by atoms with E-state index in [-0.39, 0.29) is 6.03 Å². The summed E-state index contributed by atoms with van der Waals surface area (Å²) in [5.41, 5.74) is 2.39. The molecule has 2 rings (SSSR count). The number of nitrogens with one attached hydrogen (secondary N) is 1. The van der Waals surface area contributed by atoms with E-state index >= 15 is 0 Å². The van der Waals surface area contributed by atoms with Gasteiger partial charge in [0, 0.05) is 13.1 Å². The van der Waals surface area contributed by atoms with Crippen molar-refractivity contribution in [3.8, 4) is 5.75 Å². The summed E-state index contributed by atoms with van der Waals surface area (Å²) in [5.74, 6) is 0.872. The van der Waals surface area contributed by atoms with Crippen molar-refractivity contribution in [3.63, 3.8) is 0 Å². The maximum atomic E-state index is 12.0. The van der Waals surface area contributed by atoms with Crippen LogP contribution in [-0.4, -0.2) is 37.2 Å². The summed E-state index contributed by atoms with van der Waals surface area (Å²) in [4.78, 5) is 14.0. The minimum atomic E-state index is 0.0425. The number of hydrogen-bond acceptors (Lipinski definition) is 2. The van der Waals surface area contributed by atoms with Crippen LogP contribution in [-0.2, 0) is 0 Å². The molecule has 0 aliphatic carbocycles. The number of ether oxygens (including phenoxy) is 1. The Kier molecular flexibility index (Phi) is 5.90. The third-order valence-corrected chi connectivity index (χ3v) is 3.74. The van der Waals surface area contributed by atoms with Gasteiger partial charge in [-0.1, -0.05) is 18.9 Å².